The van der Waals surface area contributed by atoms with E-state index in [4.69, 9.17) is 9.05 Å². The van der Waals surface area contributed by atoms with Gasteiger partial charge < -0.3 is 19.8 Å². The number of phosphoric acid groups is 1. The predicted octanol–water partition coefficient (Wildman–Crippen LogP) is 12.6. The highest BCUT2D eigenvalue weighted by Gasteiger charge is 2.27. The molecule has 0 bridgehead atoms. The first-order valence-electron chi connectivity index (χ1n) is 22.7. The lowest BCUT2D eigenvalue weighted by Gasteiger charge is -2.25. The monoisotopic (exact) mass is 808 g/mol. The van der Waals surface area contributed by atoms with Gasteiger partial charge in [0.15, 0.2) is 0 Å². The molecule has 0 heterocycles. The van der Waals surface area contributed by atoms with E-state index >= 15 is 0 Å². The second-order valence-electron chi connectivity index (χ2n) is 16.4. The Morgan fingerprint density at radius 3 is 1.61 bits per heavy atom. The molecule has 0 fully saturated rings. The van der Waals surface area contributed by atoms with E-state index in [0.29, 0.717) is 17.4 Å². The number of nitrogens with one attached hydrogen (secondary N) is 1. The van der Waals surface area contributed by atoms with Gasteiger partial charge in [-0.15, -0.1) is 0 Å². The van der Waals surface area contributed by atoms with Crippen molar-refractivity contribution in [3.63, 3.8) is 0 Å². The Kier molecular flexibility index (Phi) is 37.5. The lowest BCUT2D eigenvalue weighted by Crippen LogP contribution is -2.45. The van der Waals surface area contributed by atoms with Gasteiger partial charge in [-0.05, 0) is 70.6 Å². The number of carbonyl (C=O) groups excluding carboxylic acids is 1. The molecule has 9 heteroatoms. The lowest BCUT2D eigenvalue weighted by atomic mass is 10.1. The molecule has 56 heavy (non-hydrogen) atoms. The van der Waals surface area contributed by atoms with Crippen LogP contribution in [0.1, 0.15) is 181 Å². The van der Waals surface area contributed by atoms with Crippen molar-refractivity contribution in [1.29, 1.82) is 0 Å². The Balaban J connectivity index is 4.49. The predicted molar refractivity (Wildman–Crippen MR) is 240 cm³/mol. The van der Waals surface area contributed by atoms with Gasteiger partial charge in [-0.1, -0.05) is 164 Å². The van der Waals surface area contributed by atoms with Crippen molar-refractivity contribution >= 4 is 13.7 Å². The molecule has 0 radical (unpaired) electrons. The van der Waals surface area contributed by atoms with Gasteiger partial charge in [0.25, 0.3) is 0 Å². The van der Waals surface area contributed by atoms with Gasteiger partial charge >= 0.3 is 7.82 Å². The highest BCUT2D eigenvalue weighted by Crippen LogP contribution is 2.43. The van der Waals surface area contributed by atoms with Gasteiger partial charge in [0.2, 0.25) is 5.91 Å². The maximum absolute atomic E-state index is 12.8. The molecule has 0 saturated heterocycles. The molecule has 0 aliphatic carbocycles. The molecule has 0 aromatic carbocycles. The number of allylic oxidation sites excluding steroid dienone is 9. The number of aliphatic hydroxyl groups is 1. The minimum atomic E-state index is -4.35. The number of amides is 1. The van der Waals surface area contributed by atoms with Crippen LogP contribution in [0, 0.1) is 0 Å². The van der Waals surface area contributed by atoms with Crippen LogP contribution in [0.2, 0.25) is 0 Å². The Labute approximate surface area is 345 Å². The molecule has 3 unspecified atom stereocenters. The second-order valence-corrected chi connectivity index (χ2v) is 17.9. The average Bonchev–Trinajstić information content (AvgIpc) is 3.15. The Hall–Kier alpha value is -1.80. The van der Waals surface area contributed by atoms with Crippen molar-refractivity contribution in [2.45, 2.75) is 193 Å². The fourth-order valence-corrected chi connectivity index (χ4v) is 6.79. The summed E-state index contributed by atoms with van der Waals surface area (Å²) in [7, 11) is 1.53. The SMILES string of the molecule is CCC/C=C\C/C=C\CCCCCCCC(=O)NC(COP(=O)(O)OCC[N+](C)(C)C)C(O)/C=C/CC/C=C/CC/C=C/CCCCCCCCCCCCC. The second kappa shape index (κ2) is 38.7. The van der Waals surface area contributed by atoms with E-state index in [-0.39, 0.29) is 19.1 Å². The molecule has 0 aromatic heterocycles. The molecular weight excluding hydrogens is 719 g/mol. The summed E-state index contributed by atoms with van der Waals surface area (Å²) in [6.07, 6.45) is 50.1. The Morgan fingerprint density at radius 2 is 1.07 bits per heavy atom. The molecule has 0 saturated carbocycles. The zero-order valence-electron chi connectivity index (χ0n) is 36.9. The van der Waals surface area contributed by atoms with Crippen LogP contribution < -0.4 is 5.32 Å². The first-order valence-corrected chi connectivity index (χ1v) is 24.2. The molecule has 3 N–H and O–H groups in total. The summed E-state index contributed by atoms with van der Waals surface area (Å²) < 4.78 is 23.5. The maximum atomic E-state index is 12.8. The number of rotatable bonds is 40. The van der Waals surface area contributed by atoms with Crippen LogP contribution in [0.3, 0.4) is 0 Å². The van der Waals surface area contributed by atoms with Crippen molar-refractivity contribution in [2.75, 3.05) is 40.9 Å². The summed E-state index contributed by atoms with van der Waals surface area (Å²) in [5.74, 6) is -0.209. The van der Waals surface area contributed by atoms with Crippen molar-refractivity contribution in [3.8, 4) is 0 Å². The van der Waals surface area contributed by atoms with Gasteiger partial charge in [0.1, 0.15) is 13.2 Å². The van der Waals surface area contributed by atoms with Gasteiger partial charge in [-0.3, -0.25) is 13.8 Å². The standard InChI is InChI=1S/C47H87N2O6P/c1-6-8-10-12-14-16-18-20-21-22-23-24-25-26-27-29-30-32-34-36-38-40-46(50)45(44-55-56(52,53)54-43-42-49(3,4)5)48-47(51)41-39-37-35-33-31-28-19-17-15-13-11-9-7-2/h11,13,17,19,25-26,30,32,38,40,45-46,50H,6-10,12,14-16,18,20-24,27-29,31,33-37,39,41-44H2,1-5H3,(H-,48,51,52,53)/p+1/b13-11-,19-17-,26-25+,32-30+,40-38+. The number of hydrogen-bond donors (Lipinski definition) is 3. The highest BCUT2D eigenvalue weighted by molar-refractivity contribution is 7.47. The van der Waals surface area contributed by atoms with E-state index in [1.807, 2.05) is 27.2 Å². The quantitative estimate of drug-likeness (QED) is 0.0246. The fourth-order valence-electron chi connectivity index (χ4n) is 6.05. The third-order valence-electron chi connectivity index (χ3n) is 9.67. The summed E-state index contributed by atoms with van der Waals surface area (Å²) in [4.78, 5) is 23.1. The fraction of sp³-hybridized carbons (Fsp3) is 0.766. The minimum Gasteiger partial charge on any atom is -0.387 e. The van der Waals surface area contributed by atoms with Crippen LogP contribution in [0.4, 0.5) is 0 Å². The van der Waals surface area contributed by atoms with Crippen molar-refractivity contribution in [3.05, 3.63) is 60.8 Å². The molecule has 0 aromatic rings. The van der Waals surface area contributed by atoms with Gasteiger partial charge in [0, 0.05) is 6.42 Å². The van der Waals surface area contributed by atoms with Gasteiger partial charge in [0.05, 0.1) is 39.9 Å². The summed E-state index contributed by atoms with van der Waals surface area (Å²) >= 11 is 0. The lowest BCUT2D eigenvalue weighted by molar-refractivity contribution is -0.870. The number of carbonyl (C=O) groups is 1. The number of hydrogen-bond acceptors (Lipinski definition) is 5. The number of nitrogens with zero attached hydrogens (tertiary/aromatic N) is 1. The summed E-state index contributed by atoms with van der Waals surface area (Å²) in [5, 5.41) is 13.8. The first kappa shape index (κ1) is 54.2. The number of quaternary nitrogens is 1. The van der Waals surface area contributed by atoms with Crippen LogP contribution in [0.5, 0.6) is 0 Å². The first-order chi connectivity index (χ1) is 27.0. The average molecular weight is 808 g/mol. The van der Waals surface area contributed by atoms with Crippen LogP contribution in [-0.4, -0.2) is 73.4 Å². The zero-order chi connectivity index (χ0) is 41.4. The maximum Gasteiger partial charge on any atom is 0.472 e. The third kappa shape index (κ3) is 40.4. The van der Waals surface area contributed by atoms with E-state index in [9.17, 15) is 19.4 Å². The molecule has 0 aliphatic heterocycles. The number of aliphatic hydroxyl groups excluding tert-OH is 1. The molecule has 0 aliphatic rings. The number of unbranched alkanes of at least 4 members (excludes halogenated alkanes) is 19. The zero-order valence-corrected chi connectivity index (χ0v) is 37.8. The smallest absolute Gasteiger partial charge is 0.387 e. The van der Waals surface area contributed by atoms with Crippen molar-refractivity contribution in [2.24, 2.45) is 0 Å². The van der Waals surface area contributed by atoms with Crippen LogP contribution in [0.15, 0.2) is 60.8 Å². The highest BCUT2D eigenvalue weighted by atomic mass is 31.2. The molecular formula is C47H88N2O6P+. The minimum absolute atomic E-state index is 0.0483. The van der Waals surface area contributed by atoms with Crippen LogP contribution in [-0.2, 0) is 18.4 Å². The summed E-state index contributed by atoms with van der Waals surface area (Å²) in [6.45, 7) is 4.69. The van der Waals surface area contributed by atoms with E-state index in [2.05, 4.69) is 67.8 Å². The molecule has 1 amide bonds. The largest absolute Gasteiger partial charge is 0.472 e. The van der Waals surface area contributed by atoms with Crippen LogP contribution >= 0.6 is 7.82 Å². The topological polar surface area (TPSA) is 105 Å². The number of phosphoric ester groups is 1. The molecule has 0 spiro atoms. The van der Waals surface area contributed by atoms with Crippen molar-refractivity contribution < 1.29 is 32.9 Å². The molecule has 3 atom stereocenters. The van der Waals surface area contributed by atoms with Gasteiger partial charge in [-0.25, -0.2) is 4.57 Å². The molecule has 8 nitrogen and oxygen atoms in total. The van der Waals surface area contributed by atoms with E-state index in [0.717, 1.165) is 77.0 Å². The molecule has 326 valence electrons. The van der Waals surface area contributed by atoms with Crippen LogP contribution in [0.25, 0.3) is 0 Å². The Morgan fingerprint density at radius 1 is 0.607 bits per heavy atom. The van der Waals surface area contributed by atoms with Crippen molar-refractivity contribution in [1.82, 2.24) is 5.32 Å². The summed E-state index contributed by atoms with van der Waals surface area (Å²) in [6, 6.07) is -0.878. The summed E-state index contributed by atoms with van der Waals surface area (Å²) in [5.41, 5.74) is 0. The van der Waals surface area contributed by atoms with E-state index < -0.39 is 20.0 Å². The van der Waals surface area contributed by atoms with Gasteiger partial charge in [-0.2, -0.15) is 0 Å². The number of likely N-dealkylation sites (N-methyl/N-ethyl adjacent to an activating group) is 1. The Bertz CT molecular complexity index is 1100. The van der Waals surface area contributed by atoms with E-state index in [1.54, 1.807) is 6.08 Å². The normalized spacial score (nSPS) is 14.9. The van der Waals surface area contributed by atoms with E-state index in [1.165, 1.54) is 83.5 Å². The third-order valence-corrected chi connectivity index (χ3v) is 10.7. The molecule has 0 rings (SSSR count).